The number of hydrogen-bond acceptors (Lipinski definition) is 4. The van der Waals surface area contributed by atoms with Crippen LogP contribution in [0.1, 0.15) is 33.6 Å². The minimum atomic E-state index is -4.67. The second-order valence-electron chi connectivity index (χ2n) is 5.54. The monoisotopic (exact) mass is 265 g/mol. The van der Waals surface area contributed by atoms with Gasteiger partial charge in [-0.15, -0.1) is 0 Å². The van der Waals surface area contributed by atoms with Gasteiger partial charge < -0.3 is 5.73 Å². The molecule has 3 unspecified atom stereocenters. The third kappa shape index (κ3) is 2.37. The summed E-state index contributed by atoms with van der Waals surface area (Å²) in [5.74, 6) is 0.721. The van der Waals surface area contributed by atoms with Gasteiger partial charge in [0, 0.05) is 5.41 Å². The Hall–Kier alpha value is -0.500. The predicted octanol–water partition coefficient (Wildman–Crippen LogP) is 0.686. The van der Waals surface area contributed by atoms with Gasteiger partial charge in [-0.2, -0.15) is 8.42 Å². The Morgan fingerprint density at radius 1 is 1.29 bits per heavy atom. The van der Waals surface area contributed by atoms with Gasteiger partial charge in [0.25, 0.3) is 0 Å². The lowest BCUT2D eigenvalue weighted by molar-refractivity contribution is -0.129. The second-order valence-corrected chi connectivity index (χ2v) is 6.43. The molecule has 3 atom stereocenters. The molecule has 6 nitrogen and oxygen atoms in total. The summed E-state index contributed by atoms with van der Waals surface area (Å²) < 4.78 is 31.6. The maximum Gasteiger partial charge on any atom is 0.394 e. The van der Waals surface area contributed by atoms with Gasteiger partial charge in [-0.3, -0.25) is 13.9 Å². The maximum atomic E-state index is 11.8. The summed E-state index contributed by atoms with van der Waals surface area (Å²) in [4.78, 5) is 11.8. The van der Waals surface area contributed by atoms with E-state index in [9.17, 15) is 4.79 Å². The average molecular weight is 265 g/mol. The summed E-state index contributed by atoms with van der Waals surface area (Å²) in [5.41, 5.74) is 5.88. The van der Waals surface area contributed by atoms with Gasteiger partial charge in [0.1, 0.15) is 0 Å². The second kappa shape index (κ2) is 4.01. The maximum absolute atomic E-state index is 11.8. The Labute approximate surface area is 101 Å². The van der Waals surface area contributed by atoms with E-state index in [0.717, 1.165) is 12.8 Å². The zero-order chi connectivity index (χ0) is 13.6. The molecule has 2 saturated carbocycles. The summed E-state index contributed by atoms with van der Waals surface area (Å²) >= 11 is 0. The van der Waals surface area contributed by atoms with Gasteiger partial charge >= 0.3 is 10.4 Å². The standard InChI is InChI=1S/C10H17NO.H2O4S/c1-9(2)6-4-5-10(9,3)8(12)7(6)11;1-5(2,3)4/h6-7H,4-5,11H2,1-3H3;(H2,1,2,3,4). The quantitative estimate of drug-likeness (QED) is 0.554. The molecule has 17 heavy (non-hydrogen) atoms. The molecule has 2 aliphatic carbocycles. The number of hydrogen-bond donors (Lipinski definition) is 3. The van der Waals surface area contributed by atoms with Gasteiger partial charge in [-0.25, -0.2) is 0 Å². The Morgan fingerprint density at radius 3 is 1.88 bits per heavy atom. The van der Waals surface area contributed by atoms with Crippen LogP contribution < -0.4 is 5.73 Å². The molecule has 2 fully saturated rings. The lowest BCUT2D eigenvalue weighted by Gasteiger charge is -2.32. The fourth-order valence-electron chi connectivity index (χ4n) is 3.16. The van der Waals surface area contributed by atoms with Crippen LogP contribution in [0.4, 0.5) is 0 Å². The highest BCUT2D eigenvalue weighted by Gasteiger charge is 2.65. The number of carbonyl (C=O) groups is 1. The lowest BCUT2D eigenvalue weighted by atomic mass is 9.70. The first-order chi connectivity index (χ1) is 7.41. The first-order valence-electron chi connectivity index (χ1n) is 5.41. The molecule has 0 spiro atoms. The van der Waals surface area contributed by atoms with Crippen molar-refractivity contribution in [1.29, 1.82) is 0 Å². The molecule has 0 aliphatic heterocycles. The molecule has 2 rings (SSSR count). The SMILES string of the molecule is CC12CCC(C(N)C1=O)C2(C)C.O=S(=O)(O)O. The van der Waals surface area contributed by atoms with Crippen molar-refractivity contribution in [3.8, 4) is 0 Å². The van der Waals surface area contributed by atoms with Crippen molar-refractivity contribution in [3.63, 3.8) is 0 Å². The zero-order valence-corrected chi connectivity index (χ0v) is 11.0. The summed E-state index contributed by atoms with van der Waals surface area (Å²) in [6.45, 7) is 6.47. The van der Waals surface area contributed by atoms with E-state index in [1.54, 1.807) is 0 Å². The third-order valence-corrected chi connectivity index (χ3v) is 4.58. The molecule has 0 radical (unpaired) electrons. The summed E-state index contributed by atoms with van der Waals surface area (Å²) in [6.07, 6.45) is 2.17. The summed E-state index contributed by atoms with van der Waals surface area (Å²) in [5, 5.41) is 0. The van der Waals surface area contributed by atoms with Gasteiger partial charge in [-0.05, 0) is 24.2 Å². The smallest absolute Gasteiger partial charge is 0.321 e. The van der Waals surface area contributed by atoms with Crippen LogP contribution >= 0.6 is 0 Å². The first-order valence-corrected chi connectivity index (χ1v) is 6.81. The van der Waals surface area contributed by atoms with Crippen molar-refractivity contribution >= 4 is 16.2 Å². The van der Waals surface area contributed by atoms with Gasteiger partial charge in [-0.1, -0.05) is 20.8 Å². The highest BCUT2D eigenvalue weighted by molar-refractivity contribution is 7.79. The molecule has 2 bridgehead atoms. The lowest BCUT2D eigenvalue weighted by Crippen LogP contribution is -2.39. The summed E-state index contributed by atoms with van der Waals surface area (Å²) in [7, 11) is -4.67. The van der Waals surface area contributed by atoms with Gasteiger partial charge in [0.05, 0.1) is 6.04 Å². The normalized spacial score (nSPS) is 38.8. The Kier molecular flexibility index (Phi) is 3.44. The number of Topliss-reactive ketones (excluding diaryl/α,β-unsaturated/α-hetero) is 1. The fraction of sp³-hybridized carbons (Fsp3) is 0.900. The van der Waals surface area contributed by atoms with Crippen LogP contribution in [0.15, 0.2) is 0 Å². The molecule has 0 amide bonds. The molecule has 7 heteroatoms. The molecule has 0 aromatic rings. The first kappa shape index (κ1) is 14.6. The number of rotatable bonds is 0. The topological polar surface area (TPSA) is 118 Å². The van der Waals surface area contributed by atoms with Crippen LogP contribution in [-0.2, 0) is 15.2 Å². The van der Waals surface area contributed by atoms with Crippen molar-refractivity contribution in [1.82, 2.24) is 0 Å². The highest BCUT2D eigenvalue weighted by Crippen LogP contribution is 2.62. The number of fused-ring (bicyclic) bond motifs is 2. The van der Waals surface area contributed by atoms with Crippen LogP contribution in [0.25, 0.3) is 0 Å². The van der Waals surface area contributed by atoms with Crippen molar-refractivity contribution in [2.45, 2.75) is 39.7 Å². The Morgan fingerprint density at radius 2 is 1.71 bits per heavy atom. The van der Waals surface area contributed by atoms with Crippen LogP contribution in [0.5, 0.6) is 0 Å². The van der Waals surface area contributed by atoms with Crippen molar-refractivity contribution in [2.75, 3.05) is 0 Å². The van der Waals surface area contributed by atoms with Crippen LogP contribution in [0.2, 0.25) is 0 Å². The van der Waals surface area contributed by atoms with Crippen molar-refractivity contribution in [2.24, 2.45) is 22.5 Å². The average Bonchev–Trinajstić information content (AvgIpc) is 2.39. The van der Waals surface area contributed by atoms with Crippen LogP contribution in [0.3, 0.4) is 0 Å². The van der Waals surface area contributed by atoms with E-state index in [1.807, 2.05) is 0 Å². The van der Waals surface area contributed by atoms with E-state index in [4.69, 9.17) is 23.3 Å². The van der Waals surface area contributed by atoms with E-state index in [2.05, 4.69) is 20.8 Å². The summed E-state index contributed by atoms with van der Waals surface area (Å²) in [6, 6.07) is -0.182. The minimum Gasteiger partial charge on any atom is -0.321 e. The minimum absolute atomic E-state index is 0.128. The predicted molar refractivity (Wildman–Crippen MR) is 61.8 cm³/mol. The Bertz CT molecular complexity index is 422. The number of carbonyl (C=O) groups excluding carboxylic acids is 1. The van der Waals surface area contributed by atoms with E-state index < -0.39 is 10.4 Å². The van der Waals surface area contributed by atoms with Gasteiger partial charge in [0.15, 0.2) is 5.78 Å². The largest absolute Gasteiger partial charge is 0.394 e. The van der Waals surface area contributed by atoms with Crippen LogP contribution in [-0.4, -0.2) is 29.3 Å². The van der Waals surface area contributed by atoms with Crippen molar-refractivity contribution < 1.29 is 22.3 Å². The zero-order valence-electron chi connectivity index (χ0n) is 10.2. The van der Waals surface area contributed by atoms with E-state index in [1.165, 1.54) is 0 Å². The molecular formula is C10H19NO5S. The molecule has 0 heterocycles. The molecule has 4 N–H and O–H groups in total. The molecule has 0 saturated heterocycles. The molecule has 0 aromatic carbocycles. The molecule has 0 aromatic heterocycles. The van der Waals surface area contributed by atoms with E-state index in [0.29, 0.717) is 11.7 Å². The van der Waals surface area contributed by atoms with E-state index in [-0.39, 0.29) is 16.9 Å². The third-order valence-electron chi connectivity index (χ3n) is 4.58. The number of ketones is 1. The highest BCUT2D eigenvalue weighted by atomic mass is 32.3. The molecule has 2 aliphatic rings. The molecule has 100 valence electrons. The Balaban J connectivity index is 0.000000249. The molecular weight excluding hydrogens is 246 g/mol. The van der Waals surface area contributed by atoms with E-state index >= 15 is 0 Å². The van der Waals surface area contributed by atoms with Gasteiger partial charge in [0.2, 0.25) is 0 Å². The number of nitrogens with two attached hydrogens (primary N) is 1. The van der Waals surface area contributed by atoms with Crippen LogP contribution in [0, 0.1) is 16.7 Å². The fourth-order valence-corrected chi connectivity index (χ4v) is 3.16. The van der Waals surface area contributed by atoms with Crippen molar-refractivity contribution in [3.05, 3.63) is 0 Å².